The van der Waals surface area contributed by atoms with Crippen LogP contribution in [0.1, 0.15) is 23.4 Å². The van der Waals surface area contributed by atoms with Crippen LogP contribution >= 0.6 is 0 Å². The Kier molecular flexibility index (Phi) is 5.07. The molecule has 0 aliphatic carbocycles. The predicted molar refractivity (Wildman–Crippen MR) is 115 cm³/mol. The molecule has 0 saturated heterocycles. The minimum absolute atomic E-state index is 0.0363. The molecule has 1 aromatic heterocycles. The molecule has 0 saturated carbocycles. The van der Waals surface area contributed by atoms with Crippen LogP contribution in [0.25, 0.3) is 0 Å². The van der Waals surface area contributed by atoms with Gasteiger partial charge in [-0.25, -0.2) is 13.4 Å². The van der Waals surface area contributed by atoms with E-state index in [4.69, 9.17) is 0 Å². The molecule has 1 aliphatic heterocycles. The maximum atomic E-state index is 12.9. The highest BCUT2D eigenvalue weighted by Gasteiger charge is 2.26. The molecule has 3 aromatic rings. The molecule has 158 valence electrons. The van der Waals surface area contributed by atoms with Gasteiger partial charge in [-0.15, -0.1) is 0 Å². The first-order chi connectivity index (χ1) is 14.2. The minimum Gasteiger partial charge on any atom is -0.318 e. The van der Waals surface area contributed by atoms with Crippen molar-refractivity contribution in [1.29, 1.82) is 0 Å². The standard InChI is InChI=1S/C20H22N4O4S2/c1-14-5-3-6-16(11-14)22-29(25,26)17-9-8-15(2)18(12-17)23-30(27,28)20-13-21-19-7-4-10-24(19)20/h3,5-6,8-9,11-13,22-23H,4,7,10H2,1-2H3. The van der Waals surface area contributed by atoms with Gasteiger partial charge in [-0.05, 0) is 55.7 Å². The van der Waals surface area contributed by atoms with E-state index in [1.807, 2.05) is 13.0 Å². The van der Waals surface area contributed by atoms with Crippen LogP contribution in [-0.4, -0.2) is 26.4 Å². The lowest BCUT2D eigenvalue weighted by atomic mass is 10.2. The highest BCUT2D eigenvalue weighted by atomic mass is 32.2. The zero-order valence-corrected chi connectivity index (χ0v) is 18.2. The quantitative estimate of drug-likeness (QED) is 0.605. The number of hydrogen-bond donors (Lipinski definition) is 2. The van der Waals surface area contributed by atoms with Crippen molar-refractivity contribution < 1.29 is 16.8 Å². The number of imidazole rings is 1. The van der Waals surface area contributed by atoms with Crippen LogP contribution in [0.5, 0.6) is 0 Å². The molecule has 0 amide bonds. The van der Waals surface area contributed by atoms with Gasteiger partial charge in [0.2, 0.25) is 0 Å². The first-order valence-electron chi connectivity index (χ1n) is 9.43. The summed E-state index contributed by atoms with van der Waals surface area (Å²) in [6.07, 6.45) is 2.93. The Balaban J connectivity index is 1.65. The first kappa shape index (κ1) is 20.4. The van der Waals surface area contributed by atoms with Crippen LogP contribution in [0.3, 0.4) is 0 Å². The van der Waals surface area contributed by atoms with E-state index in [0.29, 0.717) is 17.8 Å². The molecule has 0 unspecified atom stereocenters. The summed E-state index contributed by atoms with van der Waals surface area (Å²) in [7, 11) is -7.80. The van der Waals surface area contributed by atoms with Crippen molar-refractivity contribution in [1.82, 2.24) is 9.55 Å². The van der Waals surface area contributed by atoms with Crippen LogP contribution in [-0.2, 0) is 33.0 Å². The third kappa shape index (κ3) is 3.92. The number of aryl methyl sites for hydroxylation is 3. The molecule has 0 atom stereocenters. The second-order valence-electron chi connectivity index (χ2n) is 7.33. The van der Waals surface area contributed by atoms with Gasteiger partial charge in [0.15, 0.2) is 5.03 Å². The zero-order valence-electron chi connectivity index (χ0n) is 16.6. The summed E-state index contributed by atoms with van der Waals surface area (Å²) in [6, 6.07) is 11.3. The summed E-state index contributed by atoms with van der Waals surface area (Å²) in [5.74, 6) is 0.741. The second-order valence-corrected chi connectivity index (χ2v) is 10.6. The zero-order chi connectivity index (χ0) is 21.5. The lowest BCUT2D eigenvalue weighted by molar-refractivity contribution is 0.583. The van der Waals surface area contributed by atoms with Crippen LogP contribution in [0.4, 0.5) is 11.4 Å². The Hall–Kier alpha value is -2.85. The topological polar surface area (TPSA) is 110 Å². The maximum absolute atomic E-state index is 12.9. The average molecular weight is 447 g/mol. The lowest BCUT2D eigenvalue weighted by Gasteiger charge is -2.14. The molecule has 2 N–H and O–H groups in total. The van der Waals surface area contributed by atoms with Gasteiger partial charge >= 0.3 is 0 Å². The Morgan fingerprint density at radius 2 is 1.77 bits per heavy atom. The van der Waals surface area contributed by atoms with Gasteiger partial charge in [0.1, 0.15) is 5.82 Å². The summed E-state index contributed by atoms with van der Waals surface area (Å²) < 4.78 is 58.2. The van der Waals surface area contributed by atoms with Gasteiger partial charge in [0.25, 0.3) is 20.0 Å². The number of benzene rings is 2. The highest BCUT2D eigenvalue weighted by molar-refractivity contribution is 7.93. The van der Waals surface area contributed by atoms with Crippen molar-refractivity contribution in [3.05, 3.63) is 65.6 Å². The van der Waals surface area contributed by atoms with Crippen LogP contribution in [0.2, 0.25) is 0 Å². The smallest absolute Gasteiger partial charge is 0.279 e. The summed E-state index contributed by atoms with van der Waals surface area (Å²) in [4.78, 5) is 4.14. The summed E-state index contributed by atoms with van der Waals surface area (Å²) in [5, 5.41) is 0.0838. The molecule has 0 bridgehead atoms. The van der Waals surface area contributed by atoms with Crippen molar-refractivity contribution in [2.45, 2.75) is 43.2 Å². The van der Waals surface area contributed by atoms with Gasteiger partial charge in [-0.2, -0.15) is 8.42 Å². The van der Waals surface area contributed by atoms with Crippen molar-refractivity contribution in [2.24, 2.45) is 0 Å². The monoisotopic (exact) mass is 446 g/mol. The molecular formula is C20H22N4O4S2. The van der Waals surface area contributed by atoms with Gasteiger partial charge in [0, 0.05) is 18.7 Å². The van der Waals surface area contributed by atoms with Crippen LogP contribution < -0.4 is 9.44 Å². The molecule has 8 nitrogen and oxygen atoms in total. The third-order valence-corrected chi connectivity index (χ3v) is 7.74. The third-order valence-electron chi connectivity index (χ3n) is 4.99. The van der Waals surface area contributed by atoms with E-state index in [1.54, 1.807) is 35.8 Å². The summed E-state index contributed by atoms with van der Waals surface area (Å²) in [5.41, 5.74) is 2.17. The molecule has 0 radical (unpaired) electrons. The average Bonchev–Trinajstić information content (AvgIpc) is 3.26. The number of hydrogen-bond acceptors (Lipinski definition) is 5. The molecule has 2 aromatic carbocycles. The van der Waals surface area contributed by atoms with Gasteiger partial charge in [0.05, 0.1) is 16.8 Å². The van der Waals surface area contributed by atoms with E-state index < -0.39 is 20.0 Å². The Labute approximate surface area is 176 Å². The van der Waals surface area contributed by atoms with Gasteiger partial charge < -0.3 is 4.57 Å². The molecule has 0 fully saturated rings. The van der Waals surface area contributed by atoms with Crippen LogP contribution in [0.15, 0.2) is 58.6 Å². The van der Waals surface area contributed by atoms with E-state index in [-0.39, 0.29) is 15.6 Å². The fourth-order valence-electron chi connectivity index (χ4n) is 3.44. The van der Waals surface area contributed by atoms with E-state index in [1.165, 1.54) is 18.3 Å². The number of sulfonamides is 2. The summed E-state index contributed by atoms with van der Waals surface area (Å²) in [6.45, 7) is 4.17. The van der Waals surface area contributed by atoms with E-state index in [9.17, 15) is 16.8 Å². The maximum Gasteiger partial charge on any atom is 0.279 e. The molecule has 2 heterocycles. The molecule has 1 aliphatic rings. The van der Waals surface area contributed by atoms with Gasteiger partial charge in [-0.3, -0.25) is 9.44 Å². The highest BCUT2D eigenvalue weighted by Crippen LogP contribution is 2.26. The van der Waals surface area contributed by atoms with Crippen molar-refractivity contribution in [3.8, 4) is 0 Å². The van der Waals surface area contributed by atoms with Crippen molar-refractivity contribution in [2.75, 3.05) is 9.44 Å². The van der Waals surface area contributed by atoms with E-state index in [0.717, 1.165) is 24.2 Å². The van der Waals surface area contributed by atoms with E-state index in [2.05, 4.69) is 14.4 Å². The number of fused-ring (bicyclic) bond motifs is 1. The fourth-order valence-corrected chi connectivity index (χ4v) is 5.81. The van der Waals surface area contributed by atoms with Crippen molar-refractivity contribution in [3.63, 3.8) is 0 Å². The second kappa shape index (κ2) is 7.44. The molecule has 10 heteroatoms. The number of nitrogens with one attached hydrogen (secondary N) is 2. The lowest BCUT2D eigenvalue weighted by Crippen LogP contribution is -2.18. The number of rotatable bonds is 6. The first-order valence-corrected chi connectivity index (χ1v) is 12.4. The Morgan fingerprint density at radius 1 is 0.967 bits per heavy atom. The largest absolute Gasteiger partial charge is 0.318 e. The molecule has 0 spiro atoms. The minimum atomic E-state index is -3.91. The normalized spacial score (nSPS) is 13.8. The Morgan fingerprint density at radius 3 is 2.53 bits per heavy atom. The summed E-state index contributed by atoms with van der Waals surface area (Å²) >= 11 is 0. The fraction of sp³-hybridized carbons (Fsp3) is 0.250. The van der Waals surface area contributed by atoms with Crippen molar-refractivity contribution >= 4 is 31.4 Å². The Bertz CT molecular complexity index is 1330. The number of aromatic nitrogens is 2. The SMILES string of the molecule is Cc1cccc(NS(=O)(=O)c2ccc(C)c(NS(=O)(=O)c3cnc4n3CCC4)c2)c1. The predicted octanol–water partition coefficient (Wildman–Crippen LogP) is 3.05. The van der Waals surface area contributed by atoms with E-state index >= 15 is 0 Å². The molecule has 30 heavy (non-hydrogen) atoms. The number of anilines is 2. The molecule has 4 rings (SSSR count). The van der Waals surface area contributed by atoms with Crippen LogP contribution in [0, 0.1) is 13.8 Å². The van der Waals surface area contributed by atoms with Gasteiger partial charge in [-0.1, -0.05) is 18.2 Å². The number of nitrogens with zero attached hydrogens (tertiary/aromatic N) is 2. The molecular weight excluding hydrogens is 424 g/mol.